The minimum absolute atomic E-state index is 0.0945. The van der Waals surface area contributed by atoms with E-state index < -0.39 is 11.6 Å². The van der Waals surface area contributed by atoms with Gasteiger partial charge in [0.25, 0.3) is 5.56 Å². The maximum absolute atomic E-state index is 13.0. The van der Waals surface area contributed by atoms with E-state index in [1.165, 1.54) is 18.3 Å². The fraction of sp³-hybridized carbons (Fsp3) is 0.167. The fourth-order valence-electron chi connectivity index (χ4n) is 1.60. The second-order valence-electron chi connectivity index (χ2n) is 3.84. The molecule has 0 unspecified atom stereocenters. The average molecular weight is 251 g/mol. The van der Waals surface area contributed by atoms with Gasteiger partial charge in [0, 0.05) is 30.8 Å². The lowest BCUT2D eigenvalue weighted by Gasteiger charge is -2.03. The number of nitrogens with zero attached hydrogens (tertiary/aromatic N) is 1. The zero-order valence-electron chi connectivity index (χ0n) is 9.41. The summed E-state index contributed by atoms with van der Waals surface area (Å²) < 4.78 is 26.0. The van der Waals surface area contributed by atoms with Crippen molar-refractivity contribution in [2.24, 2.45) is 5.73 Å². The van der Waals surface area contributed by atoms with Crippen LogP contribution in [-0.2, 0) is 13.0 Å². The first-order valence-corrected chi connectivity index (χ1v) is 5.30. The van der Waals surface area contributed by atoms with Crippen molar-refractivity contribution in [1.29, 1.82) is 0 Å². The number of benzene rings is 1. The first-order valence-electron chi connectivity index (χ1n) is 5.30. The molecule has 6 heteroatoms. The summed E-state index contributed by atoms with van der Waals surface area (Å²) in [6.45, 7) is 0.0945. The molecule has 0 spiro atoms. The third kappa shape index (κ3) is 2.78. The molecule has 0 saturated carbocycles. The quantitative estimate of drug-likeness (QED) is 0.858. The van der Waals surface area contributed by atoms with Gasteiger partial charge >= 0.3 is 0 Å². The molecule has 2 aromatic rings. The van der Waals surface area contributed by atoms with Crippen molar-refractivity contribution in [3.05, 3.63) is 63.3 Å². The minimum atomic E-state index is -0.661. The number of aromatic nitrogens is 2. The highest BCUT2D eigenvalue weighted by Gasteiger charge is 2.05. The Labute approximate surface area is 101 Å². The van der Waals surface area contributed by atoms with Gasteiger partial charge in [0.2, 0.25) is 0 Å². The van der Waals surface area contributed by atoms with E-state index in [9.17, 15) is 13.6 Å². The van der Waals surface area contributed by atoms with Gasteiger partial charge in [0.15, 0.2) is 0 Å². The monoisotopic (exact) mass is 251 g/mol. The predicted molar refractivity (Wildman–Crippen MR) is 61.9 cm³/mol. The van der Waals surface area contributed by atoms with E-state index >= 15 is 0 Å². The van der Waals surface area contributed by atoms with Gasteiger partial charge in [0.1, 0.15) is 17.5 Å². The van der Waals surface area contributed by atoms with Gasteiger partial charge in [-0.2, -0.15) is 0 Å². The predicted octanol–water partition coefficient (Wildman–Crippen LogP) is 1.10. The normalized spacial score (nSPS) is 10.6. The second kappa shape index (κ2) is 5.05. The highest BCUT2D eigenvalue weighted by Crippen LogP contribution is 2.10. The van der Waals surface area contributed by atoms with E-state index in [0.29, 0.717) is 17.0 Å². The standard InChI is InChI=1S/C12H11F2N3O/c13-9-1-7(2-10(14)4-9)3-11-16-6-8(5-15)12(18)17-11/h1-2,4,6H,3,5,15H2,(H,16,17,18). The first kappa shape index (κ1) is 12.4. The molecule has 1 aromatic carbocycles. The van der Waals surface area contributed by atoms with Crippen molar-refractivity contribution in [3.8, 4) is 0 Å². The molecular weight excluding hydrogens is 240 g/mol. The molecule has 1 aromatic heterocycles. The van der Waals surface area contributed by atoms with Gasteiger partial charge in [-0.05, 0) is 17.7 Å². The number of hydrogen-bond donors (Lipinski definition) is 2. The number of halogens is 2. The lowest BCUT2D eigenvalue weighted by atomic mass is 10.1. The van der Waals surface area contributed by atoms with Gasteiger partial charge in [0.05, 0.1) is 0 Å². The minimum Gasteiger partial charge on any atom is -0.326 e. The lowest BCUT2D eigenvalue weighted by molar-refractivity contribution is 0.580. The summed E-state index contributed by atoms with van der Waals surface area (Å²) in [7, 11) is 0. The van der Waals surface area contributed by atoms with Gasteiger partial charge in [-0.25, -0.2) is 13.8 Å². The van der Waals surface area contributed by atoms with Crippen LogP contribution in [0, 0.1) is 11.6 Å². The Balaban J connectivity index is 2.28. The Bertz CT molecular complexity index is 605. The number of hydrogen-bond acceptors (Lipinski definition) is 3. The van der Waals surface area contributed by atoms with Crippen molar-refractivity contribution in [2.45, 2.75) is 13.0 Å². The second-order valence-corrected chi connectivity index (χ2v) is 3.84. The smallest absolute Gasteiger partial charge is 0.255 e. The molecule has 1 heterocycles. The molecule has 18 heavy (non-hydrogen) atoms. The molecule has 0 saturated heterocycles. The zero-order valence-corrected chi connectivity index (χ0v) is 9.41. The number of nitrogens with two attached hydrogens (primary N) is 1. The Kier molecular flexibility index (Phi) is 3.47. The molecule has 0 bridgehead atoms. The van der Waals surface area contributed by atoms with Gasteiger partial charge in [-0.1, -0.05) is 0 Å². The van der Waals surface area contributed by atoms with Crippen molar-refractivity contribution >= 4 is 0 Å². The van der Waals surface area contributed by atoms with Crippen LogP contribution in [0.2, 0.25) is 0 Å². The van der Waals surface area contributed by atoms with E-state index in [4.69, 9.17) is 5.73 Å². The number of nitrogens with one attached hydrogen (secondary N) is 1. The van der Waals surface area contributed by atoms with Crippen molar-refractivity contribution in [2.75, 3.05) is 0 Å². The number of H-pyrrole nitrogens is 1. The SMILES string of the molecule is NCc1cnc(Cc2cc(F)cc(F)c2)[nH]c1=O. The highest BCUT2D eigenvalue weighted by molar-refractivity contribution is 5.21. The van der Waals surface area contributed by atoms with Crippen molar-refractivity contribution in [3.63, 3.8) is 0 Å². The number of rotatable bonds is 3. The first-order chi connectivity index (χ1) is 8.58. The van der Waals surface area contributed by atoms with Crippen LogP contribution in [0.1, 0.15) is 17.0 Å². The van der Waals surface area contributed by atoms with Crippen LogP contribution < -0.4 is 11.3 Å². The van der Waals surface area contributed by atoms with Crippen LogP contribution >= 0.6 is 0 Å². The maximum atomic E-state index is 13.0. The summed E-state index contributed by atoms with van der Waals surface area (Å²) in [5.41, 5.74) is 5.76. The van der Waals surface area contributed by atoms with E-state index in [2.05, 4.69) is 9.97 Å². The third-order valence-electron chi connectivity index (χ3n) is 2.44. The lowest BCUT2D eigenvalue weighted by Crippen LogP contribution is -2.18. The van der Waals surface area contributed by atoms with Crippen LogP contribution in [0.4, 0.5) is 8.78 Å². The van der Waals surface area contributed by atoms with Gasteiger partial charge in [-0.3, -0.25) is 4.79 Å². The molecule has 0 aliphatic heterocycles. The molecule has 0 atom stereocenters. The van der Waals surface area contributed by atoms with E-state index in [0.717, 1.165) is 6.07 Å². The van der Waals surface area contributed by atoms with Crippen LogP contribution in [0.25, 0.3) is 0 Å². The summed E-state index contributed by atoms with van der Waals surface area (Å²) in [6.07, 6.45) is 1.51. The highest BCUT2D eigenvalue weighted by atomic mass is 19.1. The van der Waals surface area contributed by atoms with Crippen LogP contribution in [0.15, 0.2) is 29.2 Å². The Morgan fingerprint density at radius 1 is 1.22 bits per heavy atom. The molecule has 2 rings (SSSR count). The molecule has 0 radical (unpaired) electrons. The molecule has 94 valence electrons. The van der Waals surface area contributed by atoms with Crippen molar-refractivity contribution < 1.29 is 8.78 Å². The van der Waals surface area contributed by atoms with E-state index in [-0.39, 0.29) is 18.5 Å². The Hall–Kier alpha value is -2.08. The largest absolute Gasteiger partial charge is 0.326 e. The fourth-order valence-corrected chi connectivity index (χ4v) is 1.60. The summed E-state index contributed by atoms with van der Waals surface area (Å²) in [6, 6.07) is 3.18. The molecule has 4 nitrogen and oxygen atoms in total. The van der Waals surface area contributed by atoms with Crippen LogP contribution in [0.3, 0.4) is 0 Å². The maximum Gasteiger partial charge on any atom is 0.255 e. The summed E-state index contributed by atoms with van der Waals surface area (Å²) in [4.78, 5) is 18.0. The van der Waals surface area contributed by atoms with Gasteiger partial charge < -0.3 is 10.7 Å². The summed E-state index contributed by atoms with van der Waals surface area (Å²) in [5.74, 6) is -0.987. The van der Waals surface area contributed by atoms with Crippen LogP contribution in [-0.4, -0.2) is 9.97 Å². The molecule has 0 aliphatic carbocycles. The van der Waals surface area contributed by atoms with Crippen molar-refractivity contribution in [1.82, 2.24) is 9.97 Å². The average Bonchev–Trinajstić information content (AvgIpc) is 2.27. The molecule has 0 amide bonds. The third-order valence-corrected chi connectivity index (χ3v) is 2.44. The van der Waals surface area contributed by atoms with E-state index in [1.807, 2.05) is 0 Å². The van der Waals surface area contributed by atoms with Gasteiger partial charge in [-0.15, -0.1) is 0 Å². The molecule has 0 aliphatic rings. The zero-order chi connectivity index (χ0) is 13.1. The van der Waals surface area contributed by atoms with Crippen LogP contribution in [0.5, 0.6) is 0 Å². The number of aromatic amines is 1. The Morgan fingerprint density at radius 2 is 1.89 bits per heavy atom. The Morgan fingerprint density at radius 3 is 2.44 bits per heavy atom. The summed E-state index contributed by atoms with van der Waals surface area (Å²) >= 11 is 0. The molecule has 0 fully saturated rings. The molecular formula is C12H11F2N3O. The molecule has 3 N–H and O–H groups in total. The topological polar surface area (TPSA) is 71.8 Å². The van der Waals surface area contributed by atoms with E-state index in [1.54, 1.807) is 0 Å². The summed E-state index contributed by atoms with van der Waals surface area (Å²) in [5, 5.41) is 0.